The second-order valence-electron chi connectivity index (χ2n) is 7.02. The SMILES string of the molecule is CCOc1ccccc1CNC(=O)[C@@H](NC[C@H]1C[C@@H](S)CN1)[C@@H](C)CC. The Morgan fingerprint density at radius 2 is 2.15 bits per heavy atom. The van der Waals surface area contributed by atoms with Crippen molar-refractivity contribution in [2.75, 3.05) is 19.7 Å². The van der Waals surface area contributed by atoms with Gasteiger partial charge in [0.05, 0.1) is 12.6 Å². The van der Waals surface area contributed by atoms with Crippen molar-refractivity contribution < 1.29 is 9.53 Å². The molecule has 0 spiro atoms. The van der Waals surface area contributed by atoms with Gasteiger partial charge in [0.25, 0.3) is 0 Å². The van der Waals surface area contributed by atoms with Crippen molar-refractivity contribution in [2.24, 2.45) is 5.92 Å². The maximum Gasteiger partial charge on any atom is 0.237 e. The molecule has 5 nitrogen and oxygen atoms in total. The zero-order chi connectivity index (χ0) is 18.9. The molecule has 0 radical (unpaired) electrons. The molecule has 1 aliphatic heterocycles. The van der Waals surface area contributed by atoms with Gasteiger partial charge in [-0.25, -0.2) is 0 Å². The Labute approximate surface area is 163 Å². The highest BCUT2D eigenvalue weighted by Gasteiger charge is 2.27. The first kappa shape index (κ1) is 21.1. The molecule has 1 amide bonds. The summed E-state index contributed by atoms with van der Waals surface area (Å²) in [4.78, 5) is 12.8. The fourth-order valence-corrected chi connectivity index (χ4v) is 3.61. The van der Waals surface area contributed by atoms with Crippen LogP contribution in [-0.2, 0) is 11.3 Å². The van der Waals surface area contributed by atoms with Gasteiger partial charge in [0.2, 0.25) is 5.91 Å². The Balaban J connectivity index is 1.91. The topological polar surface area (TPSA) is 62.4 Å². The average molecular weight is 380 g/mol. The second kappa shape index (κ2) is 10.8. The minimum absolute atomic E-state index is 0.0473. The number of carbonyl (C=O) groups is 1. The molecule has 0 aromatic heterocycles. The smallest absolute Gasteiger partial charge is 0.237 e. The minimum atomic E-state index is -0.194. The first-order chi connectivity index (χ1) is 12.5. The number of nitrogens with one attached hydrogen (secondary N) is 3. The van der Waals surface area contributed by atoms with Gasteiger partial charge in [-0.15, -0.1) is 0 Å². The molecular formula is C20H33N3O2S. The maximum atomic E-state index is 12.8. The first-order valence-corrected chi connectivity index (χ1v) is 10.2. The molecule has 1 aromatic rings. The summed E-state index contributed by atoms with van der Waals surface area (Å²) in [6.07, 6.45) is 1.99. The number of thiol groups is 1. The second-order valence-corrected chi connectivity index (χ2v) is 7.75. The third-order valence-corrected chi connectivity index (χ3v) is 5.40. The summed E-state index contributed by atoms with van der Waals surface area (Å²) in [5.74, 6) is 1.15. The zero-order valence-corrected chi connectivity index (χ0v) is 17.0. The number of hydrogen-bond donors (Lipinski definition) is 4. The Hall–Kier alpha value is -1.24. The molecule has 26 heavy (non-hydrogen) atoms. The standard InChI is InChI=1S/C20H33N3O2S/c1-4-14(3)19(22-12-16-10-17(26)13-21-16)20(24)23-11-15-8-6-7-9-18(15)25-5-2/h6-9,14,16-17,19,21-22,26H,4-5,10-13H2,1-3H3,(H,23,24)/t14-,16+,17+,19-/m0/s1. The van der Waals surface area contributed by atoms with E-state index in [1.54, 1.807) is 0 Å². The lowest BCUT2D eigenvalue weighted by molar-refractivity contribution is -0.124. The molecule has 1 fully saturated rings. The number of ether oxygens (including phenoxy) is 1. The molecule has 2 rings (SSSR count). The molecule has 1 heterocycles. The van der Waals surface area contributed by atoms with Gasteiger partial charge in [0, 0.05) is 36.5 Å². The normalized spacial score (nSPS) is 22.0. The molecule has 0 bridgehead atoms. The van der Waals surface area contributed by atoms with Crippen LogP contribution in [0.2, 0.25) is 0 Å². The molecule has 3 N–H and O–H groups in total. The Morgan fingerprint density at radius 1 is 1.38 bits per heavy atom. The van der Waals surface area contributed by atoms with E-state index in [0.29, 0.717) is 24.4 Å². The molecular weight excluding hydrogens is 346 g/mol. The molecule has 0 aliphatic carbocycles. The molecule has 1 aromatic carbocycles. The van der Waals surface area contributed by atoms with E-state index in [1.165, 1.54) is 0 Å². The largest absolute Gasteiger partial charge is 0.494 e. The van der Waals surface area contributed by atoms with Gasteiger partial charge < -0.3 is 20.7 Å². The van der Waals surface area contributed by atoms with Crippen LogP contribution in [-0.4, -0.2) is 42.9 Å². The van der Waals surface area contributed by atoms with E-state index in [9.17, 15) is 4.79 Å². The van der Waals surface area contributed by atoms with Crippen LogP contribution in [0.15, 0.2) is 24.3 Å². The van der Waals surface area contributed by atoms with E-state index in [-0.39, 0.29) is 17.9 Å². The predicted octanol–water partition coefficient (Wildman–Crippen LogP) is 2.37. The summed E-state index contributed by atoms with van der Waals surface area (Å²) >= 11 is 4.52. The number of hydrogen-bond acceptors (Lipinski definition) is 5. The summed E-state index contributed by atoms with van der Waals surface area (Å²) in [6.45, 7) is 9.01. The summed E-state index contributed by atoms with van der Waals surface area (Å²) in [5.41, 5.74) is 1.00. The number of carbonyl (C=O) groups excluding carboxylic acids is 1. The number of rotatable bonds is 10. The molecule has 146 valence electrons. The van der Waals surface area contributed by atoms with Crippen LogP contribution in [0.3, 0.4) is 0 Å². The van der Waals surface area contributed by atoms with Crippen LogP contribution in [0.25, 0.3) is 0 Å². The van der Waals surface area contributed by atoms with Crippen LogP contribution in [0.5, 0.6) is 5.75 Å². The van der Waals surface area contributed by atoms with E-state index >= 15 is 0 Å². The highest BCUT2D eigenvalue weighted by molar-refractivity contribution is 7.81. The van der Waals surface area contributed by atoms with Crippen molar-refractivity contribution in [1.82, 2.24) is 16.0 Å². The van der Waals surface area contributed by atoms with Gasteiger partial charge in [-0.2, -0.15) is 12.6 Å². The van der Waals surface area contributed by atoms with Crippen molar-refractivity contribution in [3.8, 4) is 5.75 Å². The highest BCUT2D eigenvalue weighted by Crippen LogP contribution is 2.18. The molecule has 6 heteroatoms. The highest BCUT2D eigenvalue weighted by atomic mass is 32.1. The molecule has 1 saturated heterocycles. The number of amides is 1. The third kappa shape index (κ3) is 6.18. The number of para-hydroxylation sites is 1. The first-order valence-electron chi connectivity index (χ1n) is 9.68. The van der Waals surface area contributed by atoms with Crippen molar-refractivity contribution in [3.05, 3.63) is 29.8 Å². The fourth-order valence-electron chi connectivity index (χ4n) is 3.25. The third-order valence-electron chi connectivity index (χ3n) is 5.00. The Morgan fingerprint density at radius 3 is 2.81 bits per heavy atom. The monoisotopic (exact) mass is 379 g/mol. The van der Waals surface area contributed by atoms with Crippen molar-refractivity contribution in [1.29, 1.82) is 0 Å². The van der Waals surface area contributed by atoms with Crippen LogP contribution >= 0.6 is 12.6 Å². The van der Waals surface area contributed by atoms with Gasteiger partial charge >= 0.3 is 0 Å². The van der Waals surface area contributed by atoms with E-state index < -0.39 is 0 Å². The quantitative estimate of drug-likeness (QED) is 0.472. The summed E-state index contributed by atoms with van der Waals surface area (Å²) in [5, 5.41) is 10.4. The van der Waals surface area contributed by atoms with Gasteiger partial charge in [-0.05, 0) is 25.3 Å². The van der Waals surface area contributed by atoms with Gasteiger partial charge in [-0.3, -0.25) is 4.79 Å². The summed E-state index contributed by atoms with van der Waals surface area (Å²) in [7, 11) is 0. The van der Waals surface area contributed by atoms with Crippen LogP contribution in [0, 0.1) is 5.92 Å². The summed E-state index contributed by atoms with van der Waals surface area (Å²) < 4.78 is 5.64. The van der Waals surface area contributed by atoms with Gasteiger partial charge in [0.15, 0.2) is 0 Å². The van der Waals surface area contributed by atoms with Crippen LogP contribution < -0.4 is 20.7 Å². The van der Waals surface area contributed by atoms with Crippen LogP contribution in [0.1, 0.15) is 39.2 Å². The minimum Gasteiger partial charge on any atom is -0.494 e. The summed E-state index contributed by atoms with van der Waals surface area (Å²) in [6, 6.07) is 8.04. The molecule has 0 unspecified atom stereocenters. The molecule has 4 atom stereocenters. The lowest BCUT2D eigenvalue weighted by atomic mass is 9.97. The van der Waals surface area contributed by atoms with Gasteiger partial charge in [-0.1, -0.05) is 38.5 Å². The van der Waals surface area contributed by atoms with E-state index in [4.69, 9.17) is 4.74 Å². The van der Waals surface area contributed by atoms with E-state index in [1.807, 2.05) is 31.2 Å². The zero-order valence-electron chi connectivity index (χ0n) is 16.1. The van der Waals surface area contributed by atoms with Crippen molar-refractivity contribution in [2.45, 2.75) is 57.5 Å². The Bertz CT molecular complexity index is 570. The van der Waals surface area contributed by atoms with Crippen LogP contribution in [0.4, 0.5) is 0 Å². The average Bonchev–Trinajstić information content (AvgIpc) is 3.06. The maximum absolute atomic E-state index is 12.8. The fraction of sp³-hybridized carbons (Fsp3) is 0.650. The molecule has 1 aliphatic rings. The van der Waals surface area contributed by atoms with Crippen molar-refractivity contribution >= 4 is 18.5 Å². The predicted molar refractivity (Wildman–Crippen MR) is 110 cm³/mol. The van der Waals surface area contributed by atoms with E-state index in [0.717, 1.165) is 37.2 Å². The molecule has 0 saturated carbocycles. The van der Waals surface area contributed by atoms with E-state index in [2.05, 4.69) is 42.4 Å². The lowest BCUT2D eigenvalue weighted by Gasteiger charge is -2.25. The Kier molecular flexibility index (Phi) is 8.75. The number of benzene rings is 1. The van der Waals surface area contributed by atoms with Gasteiger partial charge in [0.1, 0.15) is 5.75 Å². The van der Waals surface area contributed by atoms with Crippen molar-refractivity contribution in [3.63, 3.8) is 0 Å². The lowest BCUT2D eigenvalue weighted by Crippen LogP contribution is -2.50.